The van der Waals surface area contributed by atoms with Crippen molar-refractivity contribution in [3.8, 4) is 0 Å². The first kappa shape index (κ1) is 15.9. The molecule has 1 aliphatic rings. The fourth-order valence-electron chi connectivity index (χ4n) is 2.74. The molecular weight excluding hydrogens is 361 g/mol. The lowest BCUT2D eigenvalue weighted by Crippen LogP contribution is -2.22. The van der Waals surface area contributed by atoms with Gasteiger partial charge in [-0.15, -0.1) is 0 Å². The Morgan fingerprint density at radius 1 is 1.43 bits per heavy atom. The standard InChI is InChI=1S/C17H17BrFN3O/c1-3-22-9-13-12(17(22)23)6-7-20-16(13)21-10(2)11-4-5-14(18)15(19)8-11/h4-8,10H,3,9H2,1-2H3,(H,20,21)/t10-/m0/s1. The highest BCUT2D eigenvalue weighted by molar-refractivity contribution is 9.10. The number of amides is 1. The number of halogens is 2. The predicted octanol–water partition coefficient (Wildman–Crippen LogP) is 4.13. The molecule has 0 saturated carbocycles. The van der Waals surface area contributed by atoms with Gasteiger partial charge in [-0.05, 0) is 53.5 Å². The van der Waals surface area contributed by atoms with Gasteiger partial charge in [0.2, 0.25) is 0 Å². The predicted molar refractivity (Wildman–Crippen MR) is 90.8 cm³/mol. The van der Waals surface area contributed by atoms with Crippen molar-refractivity contribution >= 4 is 27.7 Å². The molecule has 2 heterocycles. The maximum absolute atomic E-state index is 13.7. The Bertz CT molecular complexity index is 765. The molecule has 0 radical (unpaired) electrons. The van der Waals surface area contributed by atoms with Gasteiger partial charge in [-0.25, -0.2) is 9.37 Å². The number of benzene rings is 1. The number of nitrogens with zero attached hydrogens (tertiary/aromatic N) is 2. The molecule has 0 aliphatic carbocycles. The van der Waals surface area contributed by atoms with Gasteiger partial charge in [-0.1, -0.05) is 6.07 Å². The summed E-state index contributed by atoms with van der Waals surface area (Å²) in [4.78, 5) is 18.4. The number of aromatic nitrogens is 1. The van der Waals surface area contributed by atoms with Crippen LogP contribution in [-0.4, -0.2) is 22.3 Å². The quantitative estimate of drug-likeness (QED) is 0.870. The van der Waals surface area contributed by atoms with Crippen molar-refractivity contribution < 1.29 is 9.18 Å². The lowest BCUT2D eigenvalue weighted by atomic mass is 10.1. The topological polar surface area (TPSA) is 45.2 Å². The molecule has 0 fully saturated rings. The largest absolute Gasteiger partial charge is 0.363 e. The monoisotopic (exact) mass is 377 g/mol. The van der Waals surface area contributed by atoms with E-state index in [1.54, 1.807) is 23.2 Å². The van der Waals surface area contributed by atoms with Gasteiger partial charge in [-0.3, -0.25) is 4.79 Å². The van der Waals surface area contributed by atoms with Crippen molar-refractivity contribution in [3.63, 3.8) is 0 Å². The highest BCUT2D eigenvalue weighted by Gasteiger charge is 2.29. The summed E-state index contributed by atoms with van der Waals surface area (Å²) in [5, 5.41) is 3.30. The second kappa shape index (κ2) is 6.28. The van der Waals surface area contributed by atoms with E-state index < -0.39 is 0 Å². The van der Waals surface area contributed by atoms with E-state index in [0.717, 1.165) is 11.1 Å². The smallest absolute Gasteiger partial charge is 0.254 e. The third kappa shape index (κ3) is 2.95. The number of rotatable bonds is 4. The van der Waals surface area contributed by atoms with E-state index in [4.69, 9.17) is 0 Å². The summed E-state index contributed by atoms with van der Waals surface area (Å²) in [6, 6.07) is 6.67. The number of carbonyl (C=O) groups excluding carboxylic acids is 1. The van der Waals surface area contributed by atoms with Gasteiger partial charge in [0.25, 0.3) is 5.91 Å². The van der Waals surface area contributed by atoms with Crippen LogP contribution in [0.3, 0.4) is 0 Å². The molecule has 0 bridgehead atoms. The molecule has 1 atom stereocenters. The number of hydrogen-bond acceptors (Lipinski definition) is 3. The molecule has 0 unspecified atom stereocenters. The second-order valence-corrected chi connectivity index (χ2v) is 6.40. The lowest BCUT2D eigenvalue weighted by molar-refractivity contribution is 0.0787. The fourth-order valence-corrected chi connectivity index (χ4v) is 2.98. The van der Waals surface area contributed by atoms with Gasteiger partial charge < -0.3 is 10.2 Å². The number of hydrogen-bond donors (Lipinski definition) is 1. The SMILES string of the molecule is CCN1Cc2c(ccnc2N[C@@H](C)c2ccc(Br)c(F)c2)C1=O. The Kier molecular flexibility index (Phi) is 4.35. The number of anilines is 1. The second-order valence-electron chi connectivity index (χ2n) is 5.54. The van der Waals surface area contributed by atoms with Crippen molar-refractivity contribution in [1.82, 2.24) is 9.88 Å². The first-order chi connectivity index (χ1) is 11.0. The van der Waals surface area contributed by atoms with Crippen LogP contribution >= 0.6 is 15.9 Å². The van der Waals surface area contributed by atoms with Crippen molar-refractivity contribution in [2.45, 2.75) is 26.4 Å². The molecule has 23 heavy (non-hydrogen) atoms. The summed E-state index contributed by atoms with van der Waals surface area (Å²) in [6.07, 6.45) is 1.63. The summed E-state index contributed by atoms with van der Waals surface area (Å²) in [5.74, 6) is 0.424. The van der Waals surface area contributed by atoms with Gasteiger partial charge in [-0.2, -0.15) is 0 Å². The molecule has 3 rings (SSSR count). The van der Waals surface area contributed by atoms with E-state index in [0.29, 0.717) is 28.9 Å². The Morgan fingerprint density at radius 3 is 2.91 bits per heavy atom. The van der Waals surface area contributed by atoms with E-state index >= 15 is 0 Å². The maximum Gasteiger partial charge on any atom is 0.254 e. The molecule has 1 aliphatic heterocycles. The van der Waals surface area contributed by atoms with Gasteiger partial charge in [0.05, 0.1) is 17.1 Å². The summed E-state index contributed by atoms with van der Waals surface area (Å²) >= 11 is 3.16. The highest BCUT2D eigenvalue weighted by atomic mass is 79.9. The molecular formula is C17H17BrFN3O. The molecule has 0 saturated heterocycles. The zero-order chi connectivity index (χ0) is 16.6. The molecule has 1 aromatic carbocycles. The Labute approximate surface area is 142 Å². The van der Waals surface area contributed by atoms with Gasteiger partial charge in [0.1, 0.15) is 11.6 Å². The van der Waals surface area contributed by atoms with E-state index in [1.165, 1.54) is 6.07 Å². The molecule has 1 amide bonds. The summed E-state index contributed by atoms with van der Waals surface area (Å²) in [7, 11) is 0. The number of fused-ring (bicyclic) bond motifs is 1. The van der Waals surface area contributed by atoms with Crippen molar-refractivity contribution in [3.05, 3.63) is 57.4 Å². The van der Waals surface area contributed by atoms with Crippen LogP contribution < -0.4 is 5.32 Å². The van der Waals surface area contributed by atoms with Gasteiger partial charge in [0, 0.05) is 23.9 Å². The lowest BCUT2D eigenvalue weighted by Gasteiger charge is -2.17. The average molecular weight is 378 g/mol. The number of pyridine rings is 1. The Morgan fingerprint density at radius 2 is 2.22 bits per heavy atom. The van der Waals surface area contributed by atoms with Crippen LogP contribution in [-0.2, 0) is 6.54 Å². The minimum atomic E-state index is -0.297. The van der Waals surface area contributed by atoms with Crippen LogP contribution in [0.25, 0.3) is 0 Å². The van der Waals surface area contributed by atoms with Crippen LogP contribution in [0.5, 0.6) is 0 Å². The summed E-state index contributed by atoms with van der Waals surface area (Å²) < 4.78 is 14.1. The molecule has 2 aromatic rings. The molecule has 0 spiro atoms. The highest BCUT2D eigenvalue weighted by Crippen LogP contribution is 2.30. The Balaban J connectivity index is 1.87. The van der Waals surface area contributed by atoms with Gasteiger partial charge >= 0.3 is 0 Å². The Hall–Kier alpha value is -1.95. The van der Waals surface area contributed by atoms with E-state index in [2.05, 4.69) is 26.2 Å². The van der Waals surface area contributed by atoms with Crippen molar-refractivity contribution in [1.29, 1.82) is 0 Å². The van der Waals surface area contributed by atoms with Crippen LogP contribution in [0, 0.1) is 5.82 Å². The molecule has 6 heteroatoms. The van der Waals surface area contributed by atoms with Crippen molar-refractivity contribution in [2.75, 3.05) is 11.9 Å². The summed E-state index contributed by atoms with van der Waals surface area (Å²) in [5.41, 5.74) is 2.42. The van der Waals surface area contributed by atoms with Crippen LogP contribution in [0.1, 0.15) is 41.4 Å². The first-order valence-corrected chi connectivity index (χ1v) is 8.29. The zero-order valence-electron chi connectivity index (χ0n) is 12.9. The molecule has 1 aromatic heterocycles. The van der Waals surface area contributed by atoms with Crippen LogP contribution in [0.4, 0.5) is 10.2 Å². The summed E-state index contributed by atoms with van der Waals surface area (Å²) in [6.45, 7) is 5.12. The minimum Gasteiger partial charge on any atom is -0.363 e. The van der Waals surface area contributed by atoms with E-state index in [-0.39, 0.29) is 17.8 Å². The fraction of sp³-hybridized carbons (Fsp3) is 0.294. The normalized spacial score (nSPS) is 14.8. The maximum atomic E-state index is 13.7. The third-order valence-electron chi connectivity index (χ3n) is 4.10. The van der Waals surface area contributed by atoms with Gasteiger partial charge in [0.15, 0.2) is 0 Å². The zero-order valence-corrected chi connectivity index (χ0v) is 14.5. The number of carbonyl (C=O) groups is 1. The molecule has 120 valence electrons. The number of nitrogens with one attached hydrogen (secondary N) is 1. The van der Waals surface area contributed by atoms with Crippen LogP contribution in [0.15, 0.2) is 34.9 Å². The average Bonchev–Trinajstić information content (AvgIpc) is 2.87. The molecule has 4 nitrogen and oxygen atoms in total. The van der Waals surface area contributed by atoms with E-state index in [1.807, 2.05) is 19.9 Å². The van der Waals surface area contributed by atoms with Crippen LogP contribution in [0.2, 0.25) is 0 Å². The van der Waals surface area contributed by atoms with Crippen molar-refractivity contribution in [2.24, 2.45) is 0 Å². The third-order valence-corrected chi connectivity index (χ3v) is 4.74. The molecule has 1 N–H and O–H groups in total. The first-order valence-electron chi connectivity index (χ1n) is 7.50. The van der Waals surface area contributed by atoms with E-state index in [9.17, 15) is 9.18 Å². The minimum absolute atomic E-state index is 0.0373.